The van der Waals surface area contributed by atoms with Gasteiger partial charge in [0.05, 0.1) is 15.9 Å². The Bertz CT molecular complexity index is 985. The number of nitrogens with zero attached hydrogens (tertiary/aromatic N) is 1. The van der Waals surface area contributed by atoms with Gasteiger partial charge in [0.1, 0.15) is 11.4 Å². The van der Waals surface area contributed by atoms with E-state index >= 15 is 0 Å². The number of nitrogens with one attached hydrogen (secondary N) is 2. The lowest BCUT2D eigenvalue weighted by Crippen LogP contribution is -2.51. The maximum atomic E-state index is 12.9. The maximum absolute atomic E-state index is 12.9. The molecule has 0 radical (unpaired) electrons. The van der Waals surface area contributed by atoms with Crippen LogP contribution in [0.1, 0.15) is 30.9 Å². The molecule has 9 heteroatoms. The number of nitro groups is 1. The maximum Gasteiger partial charge on any atom is 0.269 e. The molecule has 2 heterocycles. The summed E-state index contributed by atoms with van der Waals surface area (Å²) in [6.07, 6.45) is 2.14. The monoisotopic (exact) mass is 403 g/mol. The quantitative estimate of drug-likeness (QED) is 0.599. The molecule has 1 unspecified atom stereocenters. The molecule has 0 aromatic heterocycles. The lowest BCUT2D eigenvalue weighted by molar-refractivity contribution is -0.384. The summed E-state index contributed by atoms with van der Waals surface area (Å²) in [6, 6.07) is 11.9. The van der Waals surface area contributed by atoms with E-state index in [4.69, 9.17) is 4.74 Å². The minimum atomic E-state index is -3.84. The fourth-order valence-corrected chi connectivity index (χ4v) is 5.13. The highest BCUT2D eigenvalue weighted by Crippen LogP contribution is 2.43. The van der Waals surface area contributed by atoms with Gasteiger partial charge in [-0.1, -0.05) is 18.2 Å². The SMILES string of the molecule is O=[N+]([O-])c1ccc(S(=O)(=O)NC2CC3(CCNCC3)Oc3ccccc32)cc1. The van der Waals surface area contributed by atoms with Crippen molar-refractivity contribution in [2.24, 2.45) is 0 Å². The van der Waals surface area contributed by atoms with E-state index in [9.17, 15) is 18.5 Å². The van der Waals surface area contributed by atoms with Crippen molar-refractivity contribution in [3.8, 4) is 5.75 Å². The highest BCUT2D eigenvalue weighted by molar-refractivity contribution is 7.89. The molecule has 1 saturated heterocycles. The van der Waals surface area contributed by atoms with Gasteiger partial charge in [-0.2, -0.15) is 0 Å². The van der Waals surface area contributed by atoms with E-state index < -0.39 is 26.6 Å². The lowest BCUT2D eigenvalue weighted by Gasteiger charge is -2.44. The van der Waals surface area contributed by atoms with Crippen molar-refractivity contribution in [1.29, 1.82) is 0 Å². The topological polar surface area (TPSA) is 111 Å². The molecular formula is C19H21N3O5S. The van der Waals surface area contributed by atoms with E-state index in [-0.39, 0.29) is 10.6 Å². The van der Waals surface area contributed by atoms with Gasteiger partial charge in [-0.15, -0.1) is 0 Å². The van der Waals surface area contributed by atoms with E-state index in [2.05, 4.69) is 10.0 Å². The van der Waals surface area contributed by atoms with Crippen molar-refractivity contribution in [2.75, 3.05) is 13.1 Å². The number of hydrogen-bond acceptors (Lipinski definition) is 6. The molecule has 1 fully saturated rings. The molecule has 2 N–H and O–H groups in total. The van der Waals surface area contributed by atoms with Crippen LogP contribution >= 0.6 is 0 Å². The first-order chi connectivity index (χ1) is 13.4. The zero-order valence-corrected chi connectivity index (χ0v) is 15.9. The summed E-state index contributed by atoms with van der Waals surface area (Å²) in [6.45, 7) is 1.65. The van der Waals surface area contributed by atoms with Crippen molar-refractivity contribution in [3.05, 3.63) is 64.2 Å². The Morgan fingerprint density at radius 3 is 2.46 bits per heavy atom. The smallest absolute Gasteiger partial charge is 0.269 e. The van der Waals surface area contributed by atoms with E-state index in [0.29, 0.717) is 12.2 Å². The second-order valence-electron chi connectivity index (χ2n) is 7.20. The van der Waals surface area contributed by atoms with Gasteiger partial charge in [0, 0.05) is 24.1 Å². The summed E-state index contributed by atoms with van der Waals surface area (Å²) in [7, 11) is -3.84. The van der Waals surface area contributed by atoms with Crippen LogP contribution < -0.4 is 14.8 Å². The third kappa shape index (κ3) is 3.60. The molecule has 4 rings (SSSR count). The Labute approximate surface area is 163 Å². The highest BCUT2D eigenvalue weighted by atomic mass is 32.2. The van der Waals surface area contributed by atoms with E-state index in [0.717, 1.165) is 31.5 Å². The zero-order valence-electron chi connectivity index (χ0n) is 15.1. The molecular weight excluding hydrogens is 382 g/mol. The van der Waals surface area contributed by atoms with Crippen LogP contribution in [0.2, 0.25) is 0 Å². The van der Waals surface area contributed by atoms with Crippen LogP contribution in [0.15, 0.2) is 53.4 Å². The fraction of sp³-hybridized carbons (Fsp3) is 0.368. The van der Waals surface area contributed by atoms with Gasteiger partial charge in [-0.05, 0) is 44.1 Å². The Balaban J connectivity index is 1.64. The van der Waals surface area contributed by atoms with Crippen LogP contribution in [0.25, 0.3) is 0 Å². The molecule has 1 atom stereocenters. The van der Waals surface area contributed by atoms with Gasteiger partial charge in [0.25, 0.3) is 5.69 Å². The fourth-order valence-electron chi connectivity index (χ4n) is 3.91. The molecule has 1 spiro atoms. The number of piperidine rings is 1. The standard InChI is InChI=1S/C19H21N3O5S/c23-22(24)14-5-7-15(8-6-14)28(25,26)21-17-13-19(9-11-20-12-10-19)27-18-4-2-1-3-16(17)18/h1-8,17,20-21H,9-13H2. The summed E-state index contributed by atoms with van der Waals surface area (Å²) < 4.78 is 34.9. The average molecular weight is 403 g/mol. The molecule has 28 heavy (non-hydrogen) atoms. The molecule has 2 aliphatic rings. The minimum Gasteiger partial charge on any atom is -0.487 e. The second-order valence-corrected chi connectivity index (χ2v) is 8.92. The lowest BCUT2D eigenvalue weighted by atomic mass is 9.81. The minimum absolute atomic E-state index is 0.00133. The highest BCUT2D eigenvalue weighted by Gasteiger charge is 2.43. The Morgan fingerprint density at radius 1 is 1.11 bits per heavy atom. The first-order valence-electron chi connectivity index (χ1n) is 9.14. The van der Waals surface area contributed by atoms with Crippen LogP contribution in [0.3, 0.4) is 0 Å². The number of rotatable bonds is 4. The first-order valence-corrected chi connectivity index (χ1v) is 10.6. The summed E-state index contributed by atoms with van der Waals surface area (Å²) >= 11 is 0. The van der Waals surface area contributed by atoms with Crippen LogP contribution in [-0.4, -0.2) is 32.0 Å². The second kappa shape index (κ2) is 7.16. The van der Waals surface area contributed by atoms with Crippen molar-refractivity contribution in [3.63, 3.8) is 0 Å². The summed E-state index contributed by atoms with van der Waals surface area (Å²) in [5.41, 5.74) is 0.253. The van der Waals surface area contributed by atoms with Gasteiger partial charge in [0.2, 0.25) is 10.0 Å². The molecule has 0 saturated carbocycles. The molecule has 2 aliphatic heterocycles. The number of ether oxygens (including phenoxy) is 1. The van der Waals surface area contributed by atoms with Gasteiger partial charge >= 0.3 is 0 Å². The van der Waals surface area contributed by atoms with Gasteiger partial charge in [-0.3, -0.25) is 10.1 Å². The largest absolute Gasteiger partial charge is 0.487 e. The van der Waals surface area contributed by atoms with Gasteiger partial charge in [-0.25, -0.2) is 13.1 Å². The Hall–Kier alpha value is -2.49. The van der Waals surface area contributed by atoms with Crippen molar-refractivity contribution < 1.29 is 18.1 Å². The number of benzene rings is 2. The molecule has 0 bridgehead atoms. The third-order valence-corrected chi connectivity index (χ3v) is 6.85. The molecule has 0 aliphatic carbocycles. The average Bonchev–Trinajstić information content (AvgIpc) is 2.68. The number of sulfonamides is 1. The van der Waals surface area contributed by atoms with Crippen LogP contribution in [0, 0.1) is 10.1 Å². The third-order valence-electron chi connectivity index (χ3n) is 5.37. The number of para-hydroxylation sites is 1. The number of nitro benzene ring substituents is 1. The zero-order chi connectivity index (χ0) is 19.8. The van der Waals surface area contributed by atoms with Crippen molar-refractivity contribution in [1.82, 2.24) is 10.0 Å². The molecule has 0 amide bonds. The van der Waals surface area contributed by atoms with Crippen LogP contribution in [0.4, 0.5) is 5.69 Å². The molecule has 2 aromatic rings. The Morgan fingerprint density at radius 2 is 1.79 bits per heavy atom. The number of non-ortho nitro benzene ring substituents is 1. The number of fused-ring (bicyclic) bond motifs is 1. The molecule has 148 valence electrons. The van der Waals surface area contributed by atoms with E-state index in [1.165, 1.54) is 24.3 Å². The van der Waals surface area contributed by atoms with E-state index in [1.54, 1.807) is 0 Å². The Kier molecular flexibility index (Phi) is 4.82. The summed E-state index contributed by atoms with van der Waals surface area (Å²) in [5.74, 6) is 0.701. The summed E-state index contributed by atoms with van der Waals surface area (Å²) in [5, 5.41) is 14.1. The van der Waals surface area contributed by atoms with Crippen molar-refractivity contribution in [2.45, 2.75) is 35.8 Å². The van der Waals surface area contributed by atoms with Gasteiger partial charge in [0.15, 0.2) is 0 Å². The molecule has 2 aromatic carbocycles. The first kappa shape index (κ1) is 18.9. The summed E-state index contributed by atoms with van der Waals surface area (Å²) in [4.78, 5) is 10.3. The predicted molar refractivity (Wildman–Crippen MR) is 103 cm³/mol. The normalized spacial score (nSPS) is 20.9. The predicted octanol–water partition coefficient (Wildman–Crippen LogP) is 2.52. The van der Waals surface area contributed by atoms with Crippen LogP contribution in [0.5, 0.6) is 5.75 Å². The number of hydrogen-bond donors (Lipinski definition) is 2. The van der Waals surface area contributed by atoms with Gasteiger partial charge < -0.3 is 10.1 Å². The molecule has 8 nitrogen and oxygen atoms in total. The van der Waals surface area contributed by atoms with Crippen molar-refractivity contribution >= 4 is 15.7 Å². The van der Waals surface area contributed by atoms with E-state index in [1.807, 2.05) is 24.3 Å². The van der Waals surface area contributed by atoms with Crippen LogP contribution in [-0.2, 0) is 10.0 Å².